The van der Waals surface area contributed by atoms with Gasteiger partial charge in [-0.25, -0.2) is 0 Å². The summed E-state index contributed by atoms with van der Waals surface area (Å²) < 4.78 is 0. The lowest BCUT2D eigenvalue weighted by Gasteiger charge is -2.12. The fourth-order valence-electron chi connectivity index (χ4n) is 1.71. The topological polar surface area (TPSA) is 49.3 Å². The maximum atomic E-state index is 11.8. The summed E-state index contributed by atoms with van der Waals surface area (Å²) in [6.45, 7) is 0.147. The van der Waals surface area contributed by atoms with Gasteiger partial charge in [0.2, 0.25) is 0 Å². The molecule has 2 N–H and O–H groups in total. The fourth-order valence-corrected chi connectivity index (χ4v) is 1.91. The molecule has 1 atom stereocenters. The first-order valence-corrected chi connectivity index (χ1v) is 6.31. The Hall–Kier alpha value is -1.84. The number of halogens is 1. The Labute approximate surface area is 116 Å². The number of hydrogen-bond acceptors (Lipinski definition) is 2. The summed E-state index contributed by atoms with van der Waals surface area (Å²) in [6, 6.07) is 15.8. The smallest absolute Gasteiger partial charge is 0.251 e. The Morgan fingerprint density at radius 3 is 2.58 bits per heavy atom. The third-order valence-corrected chi connectivity index (χ3v) is 2.96. The molecule has 0 heterocycles. The van der Waals surface area contributed by atoms with Crippen molar-refractivity contribution in [2.75, 3.05) is 6.54 Å². The van der Waals surface area contributed by atoms with E-state index in [0.29, 0.717) is 16.1 Å². The summed E-state index contributed by atoms with van der Waals surface area (Å²) in [6.07, 6.45) is -0.772. The van der Waals surface area contributed by atoms with Gasteiger partial charge < -0.3 is 10.4 Å². The number of aliphatic hydroxyl groups is 1. The van der Waals surface area contributed by atoms with E-state index in [9.17, 15) is 9.90 Å². The lowest BCUT2D eigenvalue weighted by molar-refractivity contribution is 0.0916. The highest BCUT2D eigenvalue weighted by Crippen LogP contribution is 2.17. The Morgan fingerprint density at radius 1 is 1.16 bits per heavy atom. The van der Waals surface area contributed by atoms with Crippen LogP contribution in [-0.2, 0) is 0 Å². The van der Waals surface area contributed by atoms with Crippen molar-refractivity contribution in [3.63, 3.8) is 0 Å². The van der Waals surface area contributed by atoms with Crippen molar-refractivity contribution in [2.24, 2.45) is 0 Å². The van der Waals surface area contributed by atoms with Crippen molar-refractivity contribution < 1.29 is 9.90 Å². The van der Waals surface area contributed by atoms with Gasteiger partial charge in [0.1, 0.15) is 0 Å². The maximum Gasteiger partial charge on any atom is 0.251 e. The van der Waals surface area contributed by atoms with Gasteiger partial charge in [-0.05, 0) is 29.8 Å². The van der Waals surface area contributed by atoms with Crippen LogP contribution in [0.2, 0.25) is 5.02 Å². The number of carbonyl (C=O) groups is 1. The van der Waals surface area contributed by atoms with Crippen LogP contribution in [0.3, 0.4) is 0 Å². The minimum absolute atomic E-state index is 0.147. The highest BCUT2D eigenvalue weighted by molar-refractivity contribution is 6.30. The number of carbonyl (C=O) groups excluding carboxylic acids is 1. The largest absolute Gasteiger partial charge is 0.387 e. The van der Waals surface area contributed by atoms with Crippen LogP contribution in [0.25, 0.3) is 0 Å². The van der Waals surface area contributed by atoms with E-state index in [0.717, 1.165) is 0 Å². The molecule has 0 spiro atoms. The number of amides is 1. The summed E-state index contributed by atoms with van der Waals surface area (Å²) in [5.74, 6) is -0.207. The molecule has 0 bridgehead atoms. The van der Waals surface area contributed by atoms with E-state index in [1.807, 2.05) is 6.07 Å². The molecule has 0 saturated carbocycles. The van der Waals surface area contributed by atoms with Crippen molar-refractivity contribution in [2.45, 2.75) is 6.10 Å². The lowest BCUT2D eigenvalue weighted by Crippen LogP contribution is -2.28. The second-order valence-electron chi connectivity index (χ2n) is 4.15. The molecular weight excluding hydrogens is 262 g/mol. The monoisotopic (exact) mass is 275 g/mol. The highest BCUT2D eigenvalue weighted by Gasteiger charge is 2.10. The van der Waals surface area contributed by atoms with E-state index in [1.54, 1.807) is 48.5 Å². The first kappa shape index (κ1) is 13.6. The van der Waals surface area contributed by atoms with Crippen LogP contribution in [0.1, 0.15) is 22.0 Å². The van der Waals surface area contributed by atoms with Crippen LogP contribution >= 0.6 is 11.6 Å². The molecule has 0 aliphatic carbocycles. The van der Waals surface area contributed by atoms with Gasteiger partial charge >= 0.3 is 0 Å². The Morgan fingerprint density at radius 2 is 1.89 bits per heavy atom. The lowest BCUT2D eigenvalue weighted by atomic mass is 10.1. The molecule has 98 valence electrons. The van der Waals surface area contributed by atoms with Crippen LogP contribution in [0.4, 0.5) is 0 Å². The van der Waals surface area contributed by atoms with Crippen LogP contribution in [0.5, 0.6) is 0 Å². The zero-order valence-electron chi connectivity index (χ0n) is 10.2. The summed E-state index contributed by atoms with van der Waals surface area (Å²) in [7, 11) is 0. The number of aliphatic hydroxyl groups excluding tert-OH is 1. The summed E-state index contributed by atoms with van der Waals surface area (Å²) in [5.41, 5.74) is 1.25. The predicted molar refractivity (Wildman–Crippen MR) is 75.2 cm³/mol. The van der Waals surface area contributed by atoms with Gasteiger partial charge in [-0.3, -0.25) is 4.79 Å². The molecule has 0 unspecified atom stereocenters. The third-order valence-electron chi connectivity index (χ3n) is 2.73. The van der Waals surface area contributed by atoms with Gasteiger partial charge in [0.15, 0.2) is 0 Å². The van der Waals surface area contributed by atoms with Crippen molar-refractivity contribution in [3.8, 4) is 0 Å². The molecule has 0 saturated heterocycles. The van der Waals surface area contributed by atoms with Crippen molar-refractivity contribution in [1.82, 2.24) is 5.32 Å². The minimum atomic E-state index is -0.772. The molecule has 2 rings (SSSR count). The van der Waals surface area contributed by atoms with Crippen LogP contribution in [-0.4, -0.2) is 17.6 Å². The van der Waals surface area contributed by atoms with E-state index in [4.69, 9.17) is 11.6 Å². The zero-order chi connectivity index (χ0) is 13.7. The molecule has 2 aromatic rings. The van der Waals surface area contributed by atoms with Crippen LogP contribution in [0.15, 0.2) is 54.6 Å². The Bertz CT molecular complexity index is 557. The summed E-state index contributed by atoms with van der Waals surface area (Å²) >= 11 is 5.85. The van der Waals surface area contributed by atoms with E-state index in [2.05, 4.69) is 5.32 Å². The van der Waals surface area contributed by atoms with E-state index in [1.165, 1.54) is 0 Å². The Balaban J connectivity index is 1.94. The van der Waals surface area contributed by atoms with Crippen LogP contribution < -0.4 is 5.32 Å². The molecule has 0 radical (unpaired) electrons. The number of hydrogen-bond donors (Lipinski definition) is 2. The Kier molecular flexibility index (Phi) is 4.55. The number of rotatable bonds is 4. The summed E-state index contributed by atoms with van der Waals surface area (Å²) in [5, 5.41) is 13.2. The molecule has 1 amide bonds. The molecule has 0 aliphatic rings. The number of benzene rings is 2. The van der Waals surface area contributed by atoms with E-state index in [-0.39, 0.29) is 12.5 Å². The second-order valence-corrected chi connectivity index (χ2v) is 4.58. The zero-order valence-corrected chi connectivity index (χ0v) is 11.0. The summed E-state index contributed by atoms with van der Waals surface area (Å²) in [4.78, 5) is 11.8. The average molecular weight is 276 g/mol. The quantitative estimate of drug-likeness (QED) is 0.901. The van der Waals surface area contributed by atoms with Crippen LogP contribution in [0, 0.1) is 0 Å². The molecule has 3 nitrogen and oxygen atoms in total. The van der Waals surface area contributed by atoms with Gasteiger partial charge in [-0.2, -0.15) is 0 Å². The molecule has 0 aliphatic heterocycles. The van der Waals surface area contributed by atoms with Gasteiger partial charge in [0, 0.05) is 17.1 Å². The highest BCUT2D eigenvalue weighted by atomic mass is 35.5. The fraction of sp³-hybridized carbons (Fsp3) is 0.133. The molecule has 19 heavy (non-hydrogen) atoms. The normalized spacial score (nSPS) is 11.9. The van der Waals surface area contributed by atoms with Gasteiger partial charge in [0.05, 0.1) is 6.10 Å². The molecule has 0 fully saturated rings. The first-order chi connectivity index (χ1) is 9.16. The molecule has 0 aromatic heterocycles. The van der Waals surface area contributed by atoms with Crippen molar-refractivity contribution in [3.05, 3.63) is 70.7 Å². The molecule has 4 heteroatoms. The maximum absolute atomic E-state index is 11.8. The van der Waals surface area contributed by atoms with E-state index < -0.39 is 6.10 Å². The molecular formula is C15H14ClNO2. The van der Waals surface area contributed by atoms with Gasteiger partial charge in [-0.15, -0.1) is 0 Å². The SMILES string of the molecule is O=C(NC[C@H](O)c1cccc(Cl)c1)c1ccccc1. The van der Waals surface area contributed by atoms with Gasteiger partial charge in [0.25, 0.3) is 5.91 Å². The van der Waals surface area contributed by atoms with Gasteiger partial charge in [-0.1, -0.05) is 41.9 Å². The molecule has 2 aromatic carbocycles. The second kappa shape index (κ2) is 6.36. The average Bonchev–Trinajstić information content (AvgIpc) is 2.45. The number of nitrogens with one attached hydrogen (secondary N) is 1. The predicted octanol–water partition coefficient (Wildman–Crippen LogP) is 2.80. The third kappa shape index (κ3) is 3.81. The first-order valence-electron chi connectivity index (χ1n) is 5.93. The van der Waals surface area contributed by atoms with Crippen molar-refractivity contribution >= 4 is 17.5 Å². The minimum Gasteiger partial charge on any atom is -0.387 e. The van der Waals surface area contributed by atoms with E-state index >= 15 is 0 Å². The van der Waals surface area contributed by atoms with Crippen molar-refractivity contribution in [1.29, 1.82) is 0 Å². The standard InChI is InChI=1S/C15H14ClNO2/c16-13-8-4-7-12(9-13)14(18)10-17-15(19)11-5-2-1-3-6-11/h1-9,14,18H,10H2,(H,17,19)/t14-/m0/s1.